The molecule has 6 nitrogen and oxygen atoms in total. The van der Waals surface area contributed by atoms with E-state index in [0.717, 1.165) is 49.2 Å². The van der Waals surface area contributed by atoms with Crippen molar-refractivity contribution < 1.29 is 9.90 Å². The third kappa shape index (κ3) is 4.02. The fraction of sp³-hybridized carbons (Fsp3) is 0.579. The van der Waals surface area contributed by atoms with Crippen molar-refractivity contribution in [2.45, 2.75) is 38.6 Å². The SMILES string of the molecule is Cc1nc2cc(C(=O)NCCCCN3CCCC3CO)ccc2n1C. The Kier molecular flexibility index (Phi) is 5.71. The Hall–Kier alpha value is -1.92. The number of benzene rings is 1. The highest BCUT2D eigenvalue weighted by Crippen LogP contribution is 2.17. The molecule has 1 aromatic heterocycles. The van der Waals surface area contributed by atoms with E-state index in [1.165, 1.54) is 6.42 Å². The fourth-order valence-electron chi connectivity index (χ4n) is 3.60. The van der Waals surface area contributed by atoms with Gasteiger partial charge in [0.15, 0.2) is 0 Å². The topological polar surface area (TPSA) is 70.4 Å². The molecule has 1 fully saturated rings. The van der Waals surface area contributed by atoms with Crippen molar-refractivity contribution in [3.05, 3.63) is 29.6 Å². The monoisotopic (exact) mass is 344 g/mol. The van der Waals surface area contributed by atoms with Gasteiger partial charge < -0.3 is 15.0 Å². The number of likely N-dealkylation sites (tertiary alicyclic amines) is 1. The van der Waals surface area contributed by atoms with Crippen molar-refractivity contribution in [2.75, 3.05) is 26.2 Å². The smallest absolute Gasteiger partial charge is 0.251 e. The van der Waals surface area contributed by atoms with E-state index >= 15 is 0 Å². The molecule has 2 N–H and O–H groups in total. The molecule has 1 saturated heterocycles. The first kappa shape index (κ1) is 17.9. The number of nitrogens with zero attached hydrogens (tertiary/aromatic N) is 3. The normalized spacial score (nSPS) is 18.1. The van der Waals surface area contributed by atoms with E-state index in [1.807, 2.05) is 36.7 Å². The number of aromatic nitrogens is 2. The van der Waals surface area contributed by atoms with Crippen LogP contribution in [0.15, 0.2) is 18.2 Å². The molecule has 1 unspecified atom stereocenters. The average molecular weight is 344 g/mol. The lowest BCUT2D eigenvalue weighted by Gasteiger charge is -2.22. The van der Waals surface area contributed by atoms with E-state index in [2.05, 4.69) is 15.2 Å². The zero-order valence-corrected chi connectivity index (χ0v) is 15.2. The van der Waals surface area contributed by atoms with E-state index in [-0.39, 0.29) is 12.5 Å². The molecule has 1 aliphatic rings. The van der Waals surface area contributed by atoms with Crippen molar-refractivity contribution in [2.24, 2.45) is 7.05 Å². The Labute approximate surface area is 148 Å². The third-order valence-corrected chi connectivity index (χ3v) is 5.23. The van der Waals surface area contributed by atoms with Gasteiger partial charge in [0, 0.05) is 25.2 Å². The summed E-state index contributed by atoms with van der Waals surface area (Å²) in [5.41, 5.74) is 2.56. The molecule has 1 amide bonds. The van der Waals surface area contributed by atoms with Crippen LogP contribution in [0.2, 0.25) is 0 Å². The predicted octanol–water partition coefficient (Wildman–Crippen LogP) is 1.85. The Balaban J connectivity index is 1.45. The van der Waals surface area contributed by atoms with Crippen LogP contribution < -0.4 is 5.32 Å². The van der Waals surface area contributed by atoms with E-state index in [0.29, 0.717) is 18.2 Å². The van der Waals surface area contributed by atoms with Crippen molar-refractivity contribution in [1.82, 2.24) is 19.8 Å². The van der Waals surface area contributed by atoms with Crippen molar-refractivity contribution in [3.8, 4) is 0 Å². The van der Waals surface area contributed by atoms with Gasteiger partial charge in [-0.1, -0.05) is 0 Å². The summed E-state index contributed by atoms with van der Waals surface area (Å²) in [7, 11) is 1.98. The van der Waals surface area contributed by atoms with Crippen molar-refractivity contribution >= 4 is 16.9 Å². The molecular formula is C19H28N4O2. The number of unbranched alkanes of at least 4 members (excludes halogenated alkanes) is 1. The molecule has 2 aromatic rings. The summed E-state index contributed by atoms with van der Waals surface area (Å²) in [6, 6.07) is 6.00. The van der Waals surface area contributed by atoms with Gasteiger partial charge >= 0.3 is 0 Å². The van der Waals surface area contributed by atoms with E-state index in [9.17, 15) is 9.90 Å². The minimum Gasteiger partial charge on any atom is -0.395 e. The quantitative estimate of drug-likeness (QED) is 0.752. The van der Waals surface area contributed by atoms with Crippen LogP contribution in [-0.2, 0) is 7.05 Å². The summed E-state index contributed by atoms with van der Waals surface area (Å²) < 4.78 is 2.02. The summed E-state index contributed by atoms with van der Waals surface area (Å²) in [5.74, 6) is 0.898. The number of imidazole rings is 1. The molecule has 136 valence electrons. The lowest BCUT2D eigenvalue weighted by atomic mass is 10.2. The van der Waals surface area contributed by atoms with Gasteiger partial charge in [0.05, 0.1) is 17.6 Å². The van der Waals surface area contributed by atoms with Crippen LogP contribution in [0.5, 0.6) is 0 Å². The van der Waals surface area contributed by atoms with Crippen LogP contribution in [0.25, 0.3) is 11.0 Å². The number of amides is 1. The molecule has 2 heterocycles. The standard InChI is InChI=1S/C19H28N4O2/c1-14-21-17-12-15(7-8-18(17)22(14)2)19(25)20-9-3-4-10-23-11-5-6-16(23)13-24/h7-8,12,16,24H,3-6,9-11,13H2,1-2H3,(H,20,25). The summed E-state index contributed by atoms with van der Waals surface area (Å²) in [4.78, 5) is 19.2. The van der Waals surface area contributed by atoms with Crippen LogP contribution in [0, 0.1) is 6.92 Å². The second-order valence-corrected chi connectivity index (χ2v) is 6.90. The second-order valence-electron chi connectivity index (χ2n) is 6.90. The molecule has 1 aromatic carbocycles. The molecule has 0 aliphatic carbocycles. The molecule has 0 radical (unpaired) electrons. The minimum atomic E-state index is -0.0420. The molecule has 1 aliphatic heterocycles. The van der Waals surface area contributed by atoms with Gasteiger partial charge in [-0.25, -0.2) is 4.98 Å². The molecule has 0 spiro atoms. The number of aryl methyl sites for hydroxylation is 2. The first-order chi connectivity index (χ1) is 12.1. The van der Waals surface area contributed by atoms with Crippen LogP contribution in [-0.4, -0.2) is 57.7 Å². The molecule has 6 heteroatoms. The maximum atomic E-state index is 12.3. The molecular weight excluding hydrogens is 316 g/mol. The van der Waals surface area contributed by atoms with E-state index in [1.54, 1.807) is 0 Å². The van der Waals surface area contributed by atoms with Crippen molar-refractivity contribution in [1.29, 1.82) is 0 Å². The van der Waals surface area contributed by atoms with Crippen LogP contribution in [0.3, 0.4) is 0 Å². The Morgan fingerprint density at radius 3 is 3.04 bits per heavy atom. The minimum absolute atomic E-state index is 0.0420. The number of rotatable bonds is 7. The molecule has 3 rings (SSSR count). The highest BCUT2D eigenvalue weighted by molar-refractivity contribution is 5.97. The lowest BCUT2D eigenvalue weighted by molar-refractivity contribution is 0.0952. The predicted molar refractivity (Wildman–Crippen MR) is 98.7 cm³/mol. The van der Waals surface area contributed by atoms with Gasteiger partial charge in [0.2, 0.25) is 0 Å². The van der Waals surface area contributed by atoms with Gasteiger partial charge in [-0.05, 0) is 63.9 Å². The summed E-state index contributed by atoms with van der Waals surface area (Å²) in [6.45, 7) is 4.98. The summed E-state index contributed by atoms with van der Waals surface area (Å²) >= 11 is 0. The van der Waals surface area contributed by atoms with Gasteiger partial charge in [-0.3, -0.25) is 9.69 Å². The summed E-state index contributed by atoms with van der Waals surface area (Å²) in [6.07, 6.45) is 4.26. The molecule has 25 heavy (non-hydrogen) atoms. The number of carbonyl (C=O) groups excluding carboxylic acids is 1. The first-order valence-electron chi connectivity index (χ1n) is 9.16. The number of nitrogens with one attached hydrogen (secondary N) is 1. The fourth-order valence-corrected chi connectivity index (χ4v) is 3.60. The zero-order chi connectivity index (χ0) is 17.8. The van der Waals surface area contributed by atoms with Gasteiger partial charge in [-0.2, -0.15) is 0 Å². The maximum absolute atomic E-state index is 12.3. The van der Waals surface area contributed by atoms with Gasteiger partial charge in [-0.15, -0.1) is 0 Å². The number of hydrogen-bond donors (Lipinski definition) is 2. The Morgan fingerprint density at radius 1 is 1.40 bits per heavy atom. The molecule has 1 atom stereocenters. The average Bonchev–Trinajstić information content (AvgIpc) is 3.18. The third-order valence-electron chi connectivity index (χ3n) is 5.23. The van der Waals surface area contributed by atoms with Crippen LogP contribution >= 0.6 is 0 Å². The van der Waals surface area contributed by atoms with Crippen LogP contribution in [0.1, 0.15) is 41.9 Å². The van der Waals surface area contributed by atoms with E-state index < -0.39 is 0 Å². The van der Waals surface area contributed by atoms with E-state index in [4.69, 9.17) is 0 Å². The number of hydrogen-bond acceptors (Lipinski definition) is 4. The van der Waals surface area contributed by atoms with Gasteiger partial charge in [0.1, 0.15) is 5.82 Å². The van der Waals surface area contributed by atoms with Gasteiger partial charge in [0.25, 0.3) is 5.91 Å². The highest BCUT2D eigenvalue weighted by atomic mass is 16.3. The Morgan fingerprint density at radius 2 is 2.24 bits per heavy atom. The zero-order valence-electron chi connectivity index (χ0n) is 15.2. The number of carbonyl (C=O) groups is 1. The highest BCUT2D eigenvalue weighted by Gasteiger charge is 2.22. The largest absolute Gasteiger partial charge is 0.395 e. The first-order valence-corrected chi connectivity index (χ1v) is 9.16. The number of aliphatic hydroxyl groups is 1. The molecule has 0 saturated carbocycles. The van der Waals surface area contributed by atoms with Crippen LogP contribution in [0.4, 0.5) is 0 Å². The van der Waals surface area contributed by atoms with Crippen molar-refractivity contribution in [3.63, 3.8) is 0 Å². The number of fused-ring (bicyclic) bond motifs is 1. The maximum Gasteiger partial charge on any atom is 0.251 e. The summed E-state index contributed by atoms with van der Waals surface area (Å²) in [5, 5.41) is 12.3. The second kappa shape index (κ2) is 7.97. The lowest BCUT2D eigenvalue weighted by Crippen LogP contribution is -2.33. The molecule has 0 bridgehead atoms. The Bertz CT molecular complexity index is 740. The number of aliphatic hydroxyl groups excluding tert-OH is 1.